The molecule has 0 unspecified atom stereocenters. The fourth-order valence-corrected chi connectivity index (χ4v) is 3.91. The van der Waals surface area contributed by atoms with E-state index in [1.54, 1.807) is 0 Å². The number of nitrogens with one attached hydrogen (secondary N) is 1. The maximum atomic E-state index is 12.7. The normalized spacial score (nSPS) is 19.5. The van der Waals surface area contributed by atoms with Gasteiger partial charge in [-0.2, -0.15) is 0 Å². The number of carbonyl (C=O) groups excluding carboxylic acids is 1. The Hall–Kier alpha value is -2.17. The highest BCUT2D eigenvalue weighted by Crippen LogP contribution is 2.22. The van der Waals surface area contributed by atoms with Gasteiger partial charge in [0, 0.05) is 31.0 Å². The third-order valence-corrected chi connectivity index (χ3v) is 5.29. The van der Waals surface area contributed by atoms with Crippen LogP contribution in [0, 0.1) is 0 Å². The molecule has 2 aliphatic rings. The molecule has 24 heavy (non-hydrogen) atoms. The van der Waals surface area contributed by atoms with Gasteiger partial charge < -0.3 is 9.88 Å². The van der Waals surface area contributed by atoms with E-state index in [0.717, 1.165) is 55.9 Å². The summed E-state index contributed by atoms with van der Waals surface area (Å²) in [7, 11) is 0. The maximum Gasteiger partial charge on any atom is 0.251 e. The van der Waals surface area contributed by atoms with Gasteiger partial charge in [0.25, 0.3) is 5.91 Å². The van der Waals surface area contributed by atoms with Crippen molar-refractivity contribution in [2.45, 2.75) is 64.5 Å². The second kappa shape index (κ2) is 6.38. The largest absolute Gasteiger partial charge is 0.347 e. The Morgan fingerprint density at radius 1 is 1.21 bits per heavy atom. The van der Waals surface area contributed by atoms with Crippen LogP contribution in [0.4, 0.5) is 0 Å². The Kier molecular flexibility index (Phi) is 4.08. The topological polar surface area (TPSA) is 59.8 Å². The molecule has 1 aromatic heterocycles. The molecule has 0 spiro atoms. The molecule has 4 rings (SSSR count). The first-order valence-corrected chi connectivity index (χ1v) is 9.08. The van der Waals surface area contributed by atoms with Crippen LogP contribution >= 0.6 is 0 Å². The molecule has 0 saturated carbocycles. The number of aryl methyl sites for hydroxylation is 4. The average Bonchev–Trinajstić information content (AvgIpc) is 3.03. The summed E-state index contributed by atoms with van der Waals surface area (Å²) in [5.74, 6) is 2.10. The molecule has 1 amide bonds. The number of fused-ring (bicyclic) bond motifs is 2. The summed E-state index contributed by atoms with van der Waals surface area (Å²) in [6.45, 7) is 2.87. The molecule has 0 bridgehead atoms. The zero-order valence-corrected chi connectivity index (χ0v) is 14.2. The van der Waals surface area contributed by atoms with Crippen LogP contribution in [0.2, 0.25) is 0 Å². The van der Waals surface area contributed by atoms with Crippen molar-refractivity contribution in [3.8, 4) is 0 Å². The van der Waals surface area contributed by atoms with Crippen molar-refractivity contribution in [2.75, 3.05) is 0 Å². The fourth-order valence-electron chi connectivity index (χ4n) is 3.91. The van der Waals surface area contributed by atoms with Crippen molar-refractivity contribution < 1.29 is 4.79 Å². The zero-order chi connectivity index (χ0) is 16.5. The van der Waals surface area contributed by atoms with Gasteiger partial charge in [-0.3, -0.25) is 4.79 Å². The summed E-state index contributed by atoms with van der Waals surface area (Å²) in [5, 5.41) is 11.7. The maximum absolute atomic E-state index is 12.7. The number of benzene rings is 1. The minimum absolute atomic E-state index is 0.0444. The minimum atomic E-state index is 0.0444. The molecule has 2 heterocycles. The van der Waals surface area contributed by atoms with Crippen LogP contribution in [0.15, 0.2) is 18.2 Å². The van der Waals surface area contributed by atoms with Gasteiger partial charge in [0.2, 0.25) is 0 Å². The predicted octanol–water partition coefficient (Wildman–Crippen LogP) is 2.46. The van der Waals surface area contributed by atoms with Gasteiger partial charge in [-0.25, -0.2) is 0 Å². The van der Waals surface area contributed by atoms with Crippen LogP contribution in [0.5, 0.6) is 0 Å². The number of amides is 1. The van der Waals surface area contributed by atoms with Gasteiger partial charge in [-0.1, -0.05) is 13.0 Å². The van der Waals surface area contributed by atoms with Crippen molar-refractivity contribution >= 4 is 5.91 Å². The van der Waals surface area contributed by atoms with E-state index in [4.69, 9.17) is 0 Å². The van der Waals surface area contributed by atoms with Crippen molar-refractivity contribution in [1.82, 2.24) is 20.1 Å². The third kappa shape index (κ3) is 2.83. The SMILES string of the molecule is CCc1nnc2n1C[C@@H](NC(=O)c1ccc3c(c1)CCCC3)CC2. The van der Waals surface area contributed by atoms with Crippen LogP contribution in [0.3, 0.4) is 0 Å². The lowest BCUT2D eigenvalue weighted by atomic mass is 9.90. The monoisotopic (exact) mass is 324 g/mol. The lowest BCUT2D eigenvalue weighted by molar-refractivity contribution is 0.0927. The molecule has 1 aliphatic carbocycles. The van der Waals surface area contributed by atoms with E-state index in [1.165, 1.54) is 24.0 Å². The van der Waals surface area contributed by atoms with E-state index in [9.17, 15) is 4.79 Å². The van der Waals surface area contributed by atoms with E-state index in [0.29, 0.717) is 0 Å². The number of hydrogen-bond acceptors (Lipinski definition) is 3. The molecular weight excluding hydrogens is 300 g/mol. The Morgan fingerprint density at radius 2 is 2.04 bits per heavy atom. The summed E-state index contributed by atoms with van der Waals surface area (Å²) in [6.07, 6.45) is 7.43. The molecule has 0 saturated heterocycles. The van der Waals surface area contributed by atoms with Gasteiger partial charge >= 0.3 is 0 Å². The van der Waals surface area contributed by atoms with Crippen LogP contribution < -0.4 is 5.32 Å². The Bertz CT molecular complexity index is 751. The Labute approximate surface area is 142 Å². The number of aromatic nitrogens is 3. The van der Waals surface area contributed by atoms with Crippen LogP contribution in [0.1, 0.15) is 59.3 Å². The molecule has 0 fully saturated rings. The van der Waals surface area contributed by atoms with Gasteiger partial charge in [-0.15, -0.1) is 10.2 Å². The fraction of sp³-hybridized carbons (Fsp3) is 0.526. The molecule has 5 nitrogen and oxygen atoms in total. The molecule has 0 radical (unpaired) electrons. The van der Waals surface area contributed by atoms with Crippen molar-refractivity contribution in [2.24, 2.45) is 0 Å². The van der Waals surface area contributed by atoms with Crippen molar-refractivity contribution in [3.05, 3.63) is 46.5 Å². The van der Waals surface area contributed by atoms with E-state index in [-0.39, 0.29) is 11.9 Å². The second-order valence-electron chi connectivity index (χ2n) is 6.90. The van der Waals surface area contributed by atoms with Crippen LogP contribution in [-0.4, -0.2) is 26.7 Å². The number of nitrogens with zero attached hydrogens (tertiary/aromatic N) is 3. The Morgan fingerprint density at radius 3 is 2.88 bits per heavy atom. The molecule has 1 N–H and O–H groups in total. The highest BCUT2D eigenvalue weighted by Gasteiger charge is 2.24. The first-order chi connectivity index (χ1) is 11.7. The highest BCUT2D eigenvalue weighted by molar-refractivity contribution is 5.94. The van der Waals surface area contributed by atoms with E-state index in [1.807, 2.05) is 6.07 Å². The number of carbonyl (C=O) groups is 1. The highest BCUT2D eigenvalue weighted by atomic mass is 16.1. The number of rotatable bonds is 3. The molecule has 1 atom stereocenters. The molecule has 126 valence electrons. The minimum Gasteiger partial charge on any atom is -0.347 e. The lowest BCUT2D eigenvalue weighted by Crippen LogP contribution is -2.41. The van der Waals surface area contributed by atoms with Gasteiger partial charge in [0.1, 0.15) is 11.6 Å². The van der Waals surface area contributed by atoms with Gasteiger partial charge in [0.05, 0.1) is 0 Å². The van der Waals surface area contributed by atoms with Crippen LogP contribution in [-0.2, 0) is 32.2 Å². The molecule has 1 aromatic carbocycles. The van der Waals surface area contributed by atoms with Gasteiger partial charge in [-0.05, 0) is 55.4 Å². The molecule has 2 aromatic rings. The summed E-state index contributed by atoms with van der Waals surface area (Å²) in [5.41, 5.74) is 3.56. The molecule has 5 heteroatoms. The van der Waals surface area contributed by atoms with Crippen LogP contribution in [0.25, 0.3) is 0 Å². The zero-order valence-electron chi connectivity index (χ0n) is 14.2. The smallest absolute Gasteiger partial charge is 0.251 e. The van der Waals surface area contributed by atoms with Gasteiger partial charge in [0.15, 0.2) is 0 Å². The Balaban J connectivity index is 1.47. The summed E-state index contributed by atoms with van der Waals surface area (Å²) in [4.78, 5) is 12.7. The molecule has 1 aliphatic heterocycles. The summed E-state index contributed by atoms with van der Waals surface area (Å²) in [6, 6.07) is 6.36. The standard InChI is InChI=1S/C19H24N4O/c1-2-17-21-22-18-10-9-16(12-23(17)18)20-19(24)15-8-7-13-5-3-4-6-14(13)11-15/h7-8,11,16H,2-6,9-10,12H2,1H3,(H,20,24)/t16-/m0/s1. The second-order valence-corrected chi connectivity index (χ2v) is 6.90. The first-order valence-electron chi connectivity index (χ1n) is 9.08. The number of hydrogen-bond donors (Lipinski definition) is 1. The first kappa shape index (κ1) is 15.4. The van der Waals surface area contributed by atoms with E-state index in [2.05, 4.69) is 39.1 Å². The molecular formula is C19H24N4O. The van der Waals surface area contributed by atoms with E-state index < -0.39 is 0 Å². The third-order valence-electron chi connectivity index (χ3n) is 5.29. The van der Waals surface area contributed by atoms with Crippen molar-refractivity contribution in [1.29, 1.82) is 0 Å². The quantitative estimate of drug-likeness (QED) is 0.943. The van der Waals surface area contributed by atoms with Crippen molar-refractivity contribution in [3.63, 3.8) is 0 Å². The summed E-state index contributed by atoms with van der Waals surface area (Å²) >= 11 is 0. The summed E-state index contributed by atoms with van der Waals surface area (Å²) < 4.78 is 2.17. The predicted molar refractivity (Wildman–Crippen MR) is 92.1 cm³/mol. The average molecular weight is 324 g/mol. The lowest BCUT2D eigenvalue weighted by Gasteiger charge is -2.25. The van der Waals surface area contributed by atoms with E-state index >= 15 is 0 Å².